The van der Waals surface area contributed by atoms with E-state index in [0.29, 0.717) is 12.1 Å². The first-order valence-corrected chi connectivity index (χ1v) is 6.84. The summed E-state index contributed by atoms with van der Waals surface area (Å²) < 4.78 is 0. The number of rotatable bonds is 6. The van der Waals surface area contributed by atoms with E-state index in [-0.39, 0.29) is 5.78 Å². The molecule has 0 unspecified atom stereocenters. The van der Waals surface area contributed by atoms with Crippen molar-refractivity contribution in [1.29, 1.82) is 0 Å². The number of unbranched alkanes of at least 4 members (excludes halogenated alkanes) is 2. The fourth-order valence-corrected chi connectivity index (χ4v) is 2.24. The molecule has 0 spiro atoms. The molecule has 0 saturated carbocycles. The van der Waals surface area contributed by atoms with Crippen molar-refractivity contribution >= 4 is 12.0 Å². The second-order valence-corrected chi connectivity index (χ2v) is 4.92. The Morgan fingerprint density at radius 3 is 2.53 bits per heavy atom. The SMILES string of the molecule is NC1=C(CCCCCc2ccccc2)N=CC(=O)C1. The van der Waals surface area contributed by atoms with Gasteiger partial charge in [-0.2, -0.15) is 0 Å². The summed E-state index contributed by atoms with van der Waals surface area (Å²) in [4.78, 5) is 15.2. The van der Waals surface area contributed by atoms with Crippen molar-refractivity contribution in [2.24, 2.45) is 10.7 Å². The number of ketones is 1. The molecule has 0 bridgehead atoms. The van der Waals surface area contributed by atoms with Crippen LogP contribution in [-0.2, 0) is 11.2 Å². The number of Topliss-reactive ketones (excluding diaryl/α,β-unsaturated/α-hetero) is 1. The number of aryl methyl sites for hydroxylation is 1. The van der Waals surface area contributed by atoms with Crippen molar-refractivity contribution in [2.45, 2.75) is 38.5 Å². The minimum absolute atomic E-state index is 0.00493. The molecule has 1 heterocycles. The summed E-state index contributed by atoms with van der Waals surface area (Å²) in [6.45, 7) is 0. The maximum Gasteiger partial charge on any atom is 0.179 e. The van der Waals surface area contributed by atoms with Crippen molar-refractivity contribution in [3.63, 3.8) is 0 Å². The number of benzene rings is 1. The van der Waals surface area contributed by atoms with E-state index in [2.05, 4.69) is 29.3 Å². The molecule has 1 aromatic carbocycles. The van der Waals surface area contributed by atoms with Gasteiger partial charge in [-0.25, -0.2) is 0 Å². The Morgan fingerprint density at radius 2 is 1.79 bits per heavy atom. The Morgan fingerprint density at radius 1 is 1.05 bits per heavy atom. The molecule has 0 fully saturated rings. The van der Waals surface area contributed by atoms with E-state index in [1.165, 1.54) is 18.2 Å². The molecule has 0 radical (unpaired) electrons. The Hall–Kier alpha value is -1.90. The van der Waals surface area contributed by atoms with Crippen LogP contribution < -0.4 is 5.73 Å². The second-order valence-electron chi connectivity index (χ2n) is 4.92. The first-order valence-electron chi connectivity index (χ1n) is 6.84. The highest BCUT2D eigenvalue weighted by atomic mass is 16.1. The predicted molar refractivity (Wildman–Crippen MR) is 77.9 cm³/mol. The molecule has 3 heteroatoms. The number of nitrogens with two attached hydrogens (primary N) is 1. The topological polar surface area (TPSA) is 55.4 Å². The highest BCUT2D eigenvalue weighted by Gasteiger charge is 2.11. The van der Waals surface area contributed by atoms with E-state index in [1.807, 2.05) is 6.07 Å². The minimum Gasteiger partial charge on any atom is -0.400 e. The average Bonchev–Trinajstić information content (AvgIpc) is 2.42. The molecular weight excluding hydrogens is 236 g/mol. The third-order valence-corrected chi connectivity index (χ3v) is 3.32. The molecule has 1 aromatic rings. The number of allylic oxidation sites excluding steroid dienone is 2. The van der Waals surface area contributed by atoms with Gasteiger partial charge in [-0.15, -0.1) is 0 Å². The zero-order chi connectivity index (χ0) is 13.5. The molecule has 0 aromatic heterocycles. The van der Waals surface area contributed by atoms with Crippen LogP contribution in [0, 0.1) is 0 Å². The maximum atomic E-state index is 11.1. The van der Waals surface area contributed by atoms with Gasteiger partial charge in [-0.3, -0.25) is 9.79 Å². The number of nitrogens with zero attached hydrogens (tertiary/aromatic N) is 1. The van der Waals surface area contributed by atoms with E-state index in [1.54, 1.807) is 0 Å². The van der Waals surface area contributed by atoms with Crippen molar-refractivity contribution in [1.82, 2.24) is 0 Å². The number of carbonyl (C=O) groups excluding carboxylic acids is 1. The van der Waals surface area contributed by atoms with Gasteiger partial charge >= 0.3 is 0 Å². The summed E-state index contributed by atoms with van der Waals surface area (Å²) in [5.41, 5.74) is 8.76. The van der Waals surface area contributed by atoms with Crippen molar-refractivity contribution in [2.75, 3.05) is 0 Å². The standard InChI is InChI=1S/C16H20N2O/c17-15-11-14(19)12-18-16(15)10-6-2-5-9-13-7-3-1-4-8-13/h1,3-4,7-8,12H,2,5-6,9-11,17H2. The smallest absolute Gasteiger partial charge is 0.179 e. The third-order valence-electron chi connectivity index (χ3n) is 3.32. The largest absolute Gasteiger partial charge is 0.400 e. The summed E-state index contributed by atoms with van der Waals surface area (Å²) in [6.07, 6.45) is 7.16. The number of hydrogen-bond acceptors (Lipinski definition) is 3. The predicted octanol–water partition coefficient (Wildman–Crippen LogP) is 3.00. The quantitative estimate of drug-likeness (QED) is 0.795. The van der Waals surface area contributed by atoms with Gasteiger partial charge in [0.1, 0.15) is 0 Å². The summed E-state index contributed by atoms with van der Waals surface area (Å²) in [5, 5.41) is 0. The van der Waals surface area contributed by atoms with E-state index in [9.17, 15) is 4.79 Å². The molecule has 0 atom stereocenters. The lowest BCUT2D eigenvalue weighted by molar-refractivity contribution is -0.112. The van der Waals surface area contributed by atoms with Gasteiger partial charge in [0, 0.05) is 5.70 Å². The Labute approximate surface area is 114 Å². The zero-order valence-corrected chi connectivity index (χ0v) is 11.1. The highest BCUT2D eigenvalue weighted by molar-refractivity contribution is 6.29. The lowest BCUT2D eigenvalue weighted by Gasteiger charge is -2.10. The molecule has 1 aliphatic heterocycles. The second kappa shape index (κ2) is 6.88. The molecule has 100 valence electrons. The number of aliphatic imine (C=N–C) groups is 1. The molecule has 3 nitrogen and oxygen atoms in total. The van der Waals surface area contributed by atoms with Crippen LogP contribution in [-0.4, -0.2) is 12.0 Å². The van der Waals surface area contributed by atoms with Crippen molar-refractivity contribution < 1.29 is 4.79 Å². The molecular formula is C16H20N2O. The normalized spacial score (nSPS) is 15.1. The zero-order valence-electron chi connectivity index (χ0n) is 11.1. The molecule has 2 rings (SSSR count). The fraction of sp³-hybridized carbons (Fsp3) is 0.375. The van der Waals surface area contributed by atoms with Crippen LogP contribution in [0.4, 0.5) is 0 Å². The van der Waals surface area contributed by atoms with Gasteiger partial charge in [0.2, 0.25) is 0 Å². The average molecular weight is 256 g/mol. The Kier molecular flexibility index (Phi) is 4.90. The molecule has 1 aliphatic rings. The Bertz CT molecular complexity index is 489. The van der Waals surface area contributed by atoms with Crippen LogP contribution in [0.2, 0.25) is 0 Å². The number of hydrogen-bond donors (Lipinski definition) is 1. The van der Waals surface area contributed by atoms with E-state index >= 15 is 0 Å². The van der Waals surface area contributed by atoms with Crippen LogP contribution in [0.3, 0.4) is 0 Å². The van der Waals surface area contributed by atoms with Gasteiger partial charge in [0.15, 0.2) is 5.78 Å². The summed E-state index contributed by atoms with van der Waals surface area (Å²) in [6, 6.07) is 10.5. The van der Waals surface area contributed by atoms with Crippen molar-refractivity contribution in [3.8, 4) is 0 Å². The van der Waals surface area contributed by atoms with Gasteiger partial charge in [0.05, 0.1) is 18.3 Å². The first-order chi connectivity index (χ1) is 9.25. The third kappa shape index (κ3) is 4.36. The molecule has 0 aliphatic carbocycles. The summed E-state index contributed by atoms with van der Waals surface area (Å²) >= 11 is 0. The lowest BCUT2D eigenvalue weighted by Crippen LogP contribution is -2.14. The van der Waals surface area contributed by atoms with Gasteiger partial charge < -0.3 is 5.73 Å². The van der Waals surface area contributed by atoms with Crippen LogP contribution in [0.15, 0.2) is 46.7 Å². The van der Waals surface area contributed by atoms with Crippen LogP contribution in [0.25, 0.3) is 0 Å². The van der Waals surface area contributed by atoms with Crippen molar-refractivity contribution in [3.05, 3.63) is 47.3 Å². The van der Waals surface area contributed by atoms with Crippen LogP contribution in [0.5, 0.6) is 0 Å². The van der Waals surface area contributed by atoms with E-state index in [0.717, 1.165) is 31.4 Å². The lowest BCUT2D eigenvalue weighted by atomic mass is 10.0. The fourth-order valence-electron chi connectivity index (χ4n) is 2.24. The highest BCUT2D eigenvalue weighted by Crippen LogP contribution is 2.17. The number of carbonyl (C=O) groups is 1. The van der Waals surface area contributed by atoms with E-state index in [4.69, 9.17) is 5.73 Å². The monoisotopic (exact) mass is 256 g/mol. The van der Waals surface area contributed by atoms with Crippen LogP contribution >= 0.6 is 0 Å². The summed E-state index contributed by atoms with van der Waals surface area (Å²) in [5.74, 6) is 0.00493. The van der Waals surface area contributed by atoms with Crippen LogP contribution in [0.1, 0.15) is 37.7 Å². The summed E-state index contributed by atoms with van der Waals surface area (Å²) in [7, 11) is 0. The molecule has 0 amide bonds. The van der Waals surface area contributed by atoms with Gasteiger partial charge in [-0.05, 0) is 31.2 Å². The van der Waals surface area contributed by atoms with Gasteiger partial charge in [-0.1, -0.05) is 36.8 Å². The van der Waals surface area contributed by atoms with E-state index < -0.39 is 0 Å². The van der Waals surface area contributed by atoms with Gasteiger partial charge in [0.25, 0.3) is 0 Å². The first kappa shape index (κ1) is 13.5. The Balaban J connectivity index is 1.66. The maximum absolute atomic E-state index is 11.1. The molecule has 19 heavy (non-hydrogen) atoms. The molecule has 2 N–H and O–H groups in total. The molecule has 0 saturated heterocycles. The minimum atomic E-state index is 0.00493.